The van der Waals surface area contributed by atoms with Crippen LogP contribution < -0.4 is 14.4 Å². The fourth-order valence-electron chi connectivity index (χ4n) is 1.85. The number of para-hydroxylation sites is 2. The van der Waals surface area contributed by atoms with Gasteiger partial charge in [-0.15, -0.1) is 5.48 Å². The second kappa shape index (κ2) is 5.40. The summed E-state index contributed by atoms with van der Waals surface area (Å²) in [4.78, 5) is 0. The van der Waals surface area contributed by atoms with Gasteiger partial charge in [-0.25, -0.2) is 0 Å². The lowest BCUT2D eigenvalue weighted by Crippen LogP contribution is -2.24. The molecule has 1 aliphatic rings. The first-order valence-electron chi connectivity index (χ1n) is 5.66. The van der Waals surface area contributed by atoms with E-state index in [1.807, 2.05) is 36.4 Å². The normalized spacial score (nSPS) is 18.4. The van der Waals surface area contributed by atoms with Gasteiger partial charge in [0.2, 0.25) is 0 Å². The number of hydrogen-bond donors (Lipinski definition) is 1. The zero-order valence-electron chi connectivity index (χ0n) is 9.87. The fourth-order valence-corrected chi connectivity index (χ4v) is 2.32. The molecular formula is C13H11NO4S. The average Bonchev–Trinajstić information content (AvgIpc) is 2.45. The van der Waals surface area contributed by atoms with E-state index in [-0.39, 0.29) is 6.73 Å². The van der Waals surface area contributed by atoms with E-state index < -0.39 is 11.4 Å². The zero-order chi connectivity index (χ0) is 13.1. The predicted molar refractivity (Wildman–Crippen MR) is 70.4 cm³/mol. The van der Waals surface area contributed by atoms with Crippen LogP contribution in [-0.4, -0.2) is 10.9 Å². The van der Waals surface area contributed by atoms with Crippen LogP contribution in [-0.2, 0) is 15.6 Å². The van der Waals surface area contributed by atoms with Gasteiger partial charge in [0.25, 0.3) is 0 Å². The molecule has 0 aliphatic carbocycles. The van der Waals surface area contributed by atoms with E-state index in [9.17, 15) is 4.21 Å². The number of benzene rings is 2. The van der Waals surface area contributed by atoms with Crippen molar-refractivity contribution in [2.45, 2.75) is 0 Å². The number of rotatable bonds is 0. The lowest BCUT2D eigenvalue weighted by atomic mass is 10.0. The molecule has 1 unspecified atom stereocenters. The Labute approximate surface area is 112 Å². The molecule has 0 amide bonds. The first kappa shape index (κ1) is 12.2. The van der Waals surface area contributed by atoms with Crippen LogP contribution in [0.5, 0.6) is 11.5 Å². The fraction of sp³-hybridized carbons (Fsp3) is 0.0769. The summed E-state index contributed by atoms with van der Waals surface area (Å²) < 4.78 is 27.1. The summed E-state index contributed by atoms with van der Waals surface area (Å²) in [5, 5.41) is 0. The molecule has 1 N–H and O–H groups in total. The zero-order valence-corrected chi connectivity index (χ0v) is 10.7. The highest BCUT2D eigenvalue weighted by atomic mass is 32.2. The summed E-state index contributed by atoms with van der Waals surface area (Å²) in [6, 6.07) is 14.9. The molecule has 0 fully saturated rings. The SMILES string of the molecule is O=S1ONCOc2ccccc2-c2ccccc2O1. The Kier molecular flexibility index (Phi) is 3.45. The number of hydrogen-bond acceptors (Lipinski definition) is 5. The molecule has 0 bridgehead atoms. The van der Waals surface area contributed by atoms with Crippen molar-refractivity contribution in [3.8, 4) is 22.6 Å². The van der Waals surface area contributed by atoms with Crippen LogP contribution in [0.2, 0.25) is 0 Å². The van der Waals surface area contributed by atoms with Crippen LogP contribution in [0.4, 0.5) is 0 Å². The van der Waals surface area contributed by atoms with Crippen LogP contribution in [0.25, 0.3) is 11.1 Å². The van der Waals surface area contributed by atoms with Gasteiger partial charge in [-0.1, -0.05) is 36.4 Å². The molecule has 1 atom stereocenters. The molecule has 3 rings (SSSR count). The van der Waals surface area contributed by atoms with Crippen LogP contribution in [0.15, 0.2) is 48.5 Å². The molecule has 5 nitrogen and oxygen atoms in total. The van der Waals surface area contributed by atoms with Gasteiger partial charge in [0, 0.05) is 11.1 Å². The molecule has 1 heterocycles. The van der Waals surface area contributed by atoms with E-state index >= 15 is 0 Å². The maximum atomic E-state index is 11.5. The summed E-state index contributed by atoms with van der Waals surface area (Å²) in [5.74, 6) is 1.17. The van der Waals surface area contributed by atoms with Gasteiger partial charge >= 0.3 is 11.4 Å². The van der Waals surface area contributed by atoms with Crippen LogP contribution in [0, 0.1) is 0 Å². The van der Waals surface area contributed by atoms with Crippen LogP contribution >= 0.6 is 0 Å². The summed E-state index contributed by atoms with van der Waals surface area (Å²) in [7, 11) is 0. The maximum absolute atomic E-state index is 11.5. The first-order chi connectivity index (χ1) is 9.34. The summed E-state index contributed by atoms with van der Waals surface area (Å²) in [6.45, 7) is 0.0777. The van der Waals surface area contributed by atoms with Crippen molar-refractivity contribution in [2.24, 2.45) is 0 Å². The van der Waals surface area contributed by atoms with Crippen LogP contribution in [0.1, 0.15) is 0 Å². The average molecular weight is 277 g/mol. The molecule has 1 aliphatic heterocycles. The number of nitrogens with one attached hydrogen (secondary N) is 1. The summed E-state index contributed by atoms with van der Waals surface area (Å²) in [6.07, 6.45) is 0. The lowest BCUT2D eigenvalue weighted by molar-refractivity contribution is 0.119. The van der Waals surface area contributed by atoms with Gasteiger partial charge in [0.1, 0.15) is 5.75 Å². The summed E-state index contributed by atoms with van der Waals surface area (Å²) in [5.41, 5.74) is 4.11. The highest BCUT2D eigenvalue weighted by molar-refractivity contribution is 7.75. The molecule has 0 aromatic heterocycles. The van der Waals surface area contributed by atoms with Crippen molar-refractivity contribution >= 4 is 11.4 Å². The molecule has 0 saturated heterocycles. The third kappa shape index (κ3) is 2.60. The Morgan fingerprint density at radius 3 is 2.37 bits per heavy atom. The molecule has 98 valence electrons. The maximum Gasteiger partial charge on any atom is 0.378 e. The molecular weight excluding hydrogens is 266 g/mol. The van der Waals surface area contributed by atoms with Crippen molar-refractivity contribution in [1.29, 1.82) is 0 Å². The second-order valence-corrected chi connectivity index (χ2v) is 4.54. The number of hydroxylamine groups is 1. The predicted octanol–water partition coefficient (Wildman–Crippen LogP) is 2.18. The van der Waals surface area contributed by atoms with E-state index in [4.69, 9.17) is 13.2 Å². The van der Waals surface area contributed by atoms with E-state index in [2.05, 4.69) is 5.48 Å². The van der Waals surface area contributed by atoms with Gasteiger partial charge in [0.15, 0.2) is 12.5 Å². The molecule has 2 aromatic rings. The van der Waals surface area contributed by atoms with Gasteiger partial charge < -0.3 is 8.92 Å². The molecule has 0 radical (unpaired) electrons. The van der Waals surface area contributed by atoms with Crippen molar-refractivity contribution in [3.05, 3.63) is 48.5 Å². The quantitative estimate of drug-likeness (QED) is 0.800. The third-order valence-electron chi connectivity index (χ3n) is 2.64. The first-order valence-corrected chi connectivity index (χ1v) is 6.66. The van der Waals surface area contributed by atoms with Gasteiger partial charge in [-0.3, -0.25) is 0 Å². The third-order valence-corrected chi connectivity index (χ3v) is 3.21. The number of fused-ring (bicyclic) bond motifs is 3. The molecule has 0 saturated carbocycles. The summed E-state index contributed by atoms with van der Waals surface area (Å²) >= 11 is -1.92. The Morgan fingerprint density at radius 2 is 1.58 bits per heavy atom. The van der Waals surface area contributed by atoms with Crippen LogP contribution in [0.3, 0.4) is 0 Å². The molecule has 2 aromatic carbocycles. The largest absolute Gasteiger partial charge is 0.476 e. The smallest absolute Gasteiger partial charge is 0.378 e. The van der Waals surface area contributed by atoms with Gasteiger partial charge in [-0.05, 0) is 12.1 Å². The topological polar surface area (TPSA) is 56.8 Å². The standard InChI is InChI=1S/C13H11NO4S/c15-19-17-13-8-4-2-6-11(13)10-5-1-3-7-12(10)16-9-14-18-19/h1-8,14H,9H2. The molecule has 6 heteroatoms. The second-order valence-electron chi connectivity index (χ2n) is 3.80. The van der Waals surface area contributed by atoms with E-state index in [1.165, 1.54) is 0 Å². The van der Waals surface area contributed by atoms with Crippen molar-refractivity contribution < 1.29 is 17.4 Å². The van der Waals surface area contributed by atoms with E-state index in [0.717, 1.165) is 11.1 Å². The molecule has 0 spiro atoms. The number of ether oxygens (including phenoxy) is 1. The minimum atomic E-state index is -1.92. The highest BCUT2D eigenvalue weighted by Gasteiger charge is 2.15. The minimum absolute atomic E-state index is 0.0777. The Balaban J connectivity index is 2.14. The molecule has 19 heavy (non-hydrogen) atoms. The Bertz CT molecular complexity index is 617. The van der Waals surface area contributed by atoms with Crippen molar-refractivity contribution in [1.82, 2.24) is 5.48 Å². The van der Waals surface area contributed by atoms with E-state index in [0.29, 0.717) is 11.5 Å². The lowest BCUT2D eigenvalue weighted by Gasteiger charge is -2.16. The Morgan fingerprint density at radius 1 is 0.947 bits per heavy atom. The Hall–Kier alpha value is -1.89. The highest BCUT2D eigenvalue weighted by Crippen LogP contribution is 2.36. The monoisotopic (exact) mass is 277 g/mol. The van der Waals surface area contributed by atoms with Crippen molar-refractivity contribution in [2.75, 3.05) is 6.73 Å². The van der Waals surface area contributed by atoms with Gasteiger partial charge in [0.05, 0.1) is 0 Å². The minimum Gasteiger partial charge on any atom is -0.476 e. The van der Waals surface area contributed by atoms with Crippen molar-refractivity contribution in [3.63, 3.8) is 0 Å². The van der Waals surface area contributed by atoms with E-state index in [1.54, 1.807) is 12.1 Å². The van der Waals surface area contributed by atoms with Gasteiger partial charge in [-0.2, -0.15) is 8.49 Å².